The van der Waals surface area contributed by atoms with Crippen molar-refractivity contribution in [1.82, 2.24) is 4.90 Å². The Hall–Kier alpha value is -4.28. The van der Waals surface area contributed by atoms with Crippen LogP contribution in [-0.2, 0) is 16.1 Å². The zero-order chi connectivity index (χ0) is 27.4. The van der Waals surface area contributed by atoms with Gasteiger partial charge in [0.05, 0.1) is 54.9 Å². The van der Waals surface area contributed by atoms with E-state index in [0.717, 1.165) is 15.4 Å². The van der Waals surface area contributed by atoms with E-state index in [-0.39, 0.29) is 36.5 Å². The van der Waals surface area contributed by atoms with Crippen molar-refractivity contribution in [2.75, 3.05) is 49.2 Å². The van der Waals surface area contributed by atoms with Gasteiger partial charge in [0.25, 0.3) is 11.8 Å². The molecule has 3 aromatic carbocycles. The summed E-state index contributed by atoms with van der Waals surface area (Å²) in [5, 5.41) is 10.9. The third-order valence-corrected chi connectivity index (χ3v) is 6.69. The molecule has 0 radical (unpaired) electrons. The van der Waals surface area contributed by atoms with E-state index in [9.17, 15) is 19.5 Å². The van der Waals surface area contributed by atoms with Gasteiger partial charge >= 0.3 is 6.09 Å². The first-order chi connectivity index (χ1) is 18.9. The molecule has 10 heteroatoms. The molecule has 0 aliphatic carbocycles. The molecule has 1 saturated heterocycles. The summed E-state index contributed by atoms with van der Waals surface area (Å²) in [5.41, 5.74) is 1.82. The Kier molecular flexibility index (Phi) is 7.85. The van der Waals surface area contributed by atoms with E-state index >= 15 is 4.39 Å². The zero-order valence-corrected chi connectivity index (χ0v) is 21.2. The molecular formula is C29H28FN3O6. The highest BCUT2D eigenvalue weighted by Gasteiger charge is 2.37. The summed E-state index contributed by atoms with van der Waals surface area (Å²) in [6, 6.07) is 19.8. The monoisotopic (exact) mass is 533 g/mol. The van der Waals surface area contributed by atoms with Gasteiger partial charge in [-0.15, -0.1) is 0 Å². The molecule has 0 saturated carbocycles. The van der Waals surface area contributed by atoms with E-state index in [2.05, 4.69) is 0 Å². The van der Waals surface area contributed by atoms with E-state index in [4.69, 9.17) is 9.47 Å². The fourth-order valence-electron chi connectivity index (χ4n) is 4.69. The maximum absolute atomic E-state index is 15.2. The molecule has 0 bridgehead atoms. The van der Waals surface area contributed by atoms with Crippen LogP contribution in [0, 0.1) is 5.82 Å². The van der Waals surface area contributed by atoms with Crippen molar-refractivity contribution in [1.29, 1.82) is 0 Å². The Morgan fingerprint density at radius 2 is 1.62 bits per heavy atom. The summed E-state index contributed by atoms with van der Waals surface area (Å²) in [6.45, 7) is 1.35. The van der Waals surface area contributed by atoms with Gasteiger partial charge < -0.3 is 19.5 Å². The summed E-state index contributed by atoms with van der Waals surface area (Å²) in [6.07, 6.45) is -2.13. The fraction of sp³-hybridized carbons (Fsp3) is 0.276. The lowest BCUT2D eigenvalue weighted by molar-refractivity contribution is 0.0550. The second-order valence-corrected chi connectivity index (χ2v) is 9.31. The van der Waals surface area contributed by atoms with Crippen LogP contribution in [0.25, 0.3) is 0 Å². The molecule has 0 aromatic heterocycles. The SMILES string of the molecule is O=C1c2ccccc2C(=O)N1CC(O)CN(C(=O)OCc1ccccc1)c1ccc(N2CCOCC2)c(F)c1. The Bertz CT molecular complexity index is 1330. The lowest BCUT2D eigenvalue weighted by atomic mass is 10.1. The standard InChI is InChI=1S/C29H28FN3O6/c30-25-16-21(10-11-26(25)31-12-14-38-15-13-31)32(29(37)39-19-20-6-2-1-3-7-20)17-22(34)18-33-27(35)23-8-4-5-9-24(23)28(33)36/h1-11,16,22,34H,12-15,17-19H2. The Balaban J connectivity index is 1.34. The molecule has 2 heterocycles. The lowest BCUT2D eigenvalue weighted by Crippen LogP contribution is -2.44. The van der Waals surface area contributed by atoms with Crippen molar-refractivity contribution in [2.45, 2.75) is 12.7 Å². The minimum absolute atomic E-state index is 0.0288. The van der Waals surface area contributed by atoms with Crippen LogP contribution in [0.2, 0.25) is 0 Å². The summed E-state index contributed by atoms with van der Waals surface area (Å²) in [5.74, 6) is -1.58. The molecule has 1 N–H and O–H groups in total. The zero-order valence-electron chi connectivity index (χ0n) is 21.2. The first kappa shape index (κ1) is 26.3. The van der Waals surface area contributed by atoms with Crippen molar-refractivity contribution >= 4 is 29.3 Å². The average molecular weight is 534 g/mol. The van der Waals surface area contributed by atoms with Crippen LogP contribution >= 0.6 is 0 Å². The molecule has 2 aliphatic rings. The van der Waals surface area contributed by atoms with Gasteiger partial charge in [-0.2, -0.15) is 0 Å². The predicted octanol–water partition coefficient (Wildman–Crippen LogP) is 3.46. The van der Waals surface area contributed by atoms with Crippen molar-refractivity contribution in [3.63, 3.8) is 0 Å². The molecule has 0 spiro atoms. The number of amides is 3. The second kappa shape index (κ2) is 11.6. The maximum Gasteiger partial charge on any atom is 0.414 e. The van der Waals surface area contributed by atoms with Crippen LogP contribution in [0.1, 0.15) is 26.3 Å². The smallest absolute Gasteiger partial charge is 0.414 e. The van der Waals surface area contributed by atoms with E-state index in [0.29, 0.717) is 32.0 Å². The number of fused-ring (bicyclic) bond motifs is 1. The minimum atomic E-state index is -1.32. The van der Waals surface area contributed by atoms with Crippen molar-refractivity contribution < 1.29 is 33.4 Å². The molecule has 3 aromatic rings. The number of carbonyl (C=O) groups excluding carboxylic acids is 3. The highest BCUT2D eigenvalue weighted by atomic mass is 19.1. The quantitative estimate of drug-likeness (QED) is 0.443. The number of nitrogens with zero attached hydrogens (tertiary/aromatic N) is 3. The highest BCUT2D eigenvalue weighted by molar-refractivity contribution is 6.21. The van der Waals surface area contributed by atoms with Crippen LogP contribution in [-0.4, -0.2) is 73.4 Å². The number of hydrogen-bond acceptors (Lipinski definition) is 7. The van der Waals surface area contributed by atoms with Crippen molar-refractivity contribution in [2.24, 2.45) is 0 Å². The molecule has 2 aliphatic heterocycles. The third kappa shape index (κ3) is 5.76. The first-order valence-corrected chi connectivity index (χ1v) is 12.7. The van der Waals surface area contributed by atoms with Gasteiger partial charge in [-0.25, -0.2) is 9.18 Å². The number of anilines is 2. The third-order valence-electron chi connectivity index (χ3n) is 6.69. The van der Waals surface area contributed by atoms with Crippen LogP contribution in [0.4, 0.5) is 20.6 Å². The molecule has 9 nitrogen and oxygen atoms in total. The summed E-state index contributed by atoms with van der Waals surface area (Å²) < 4.78 is 26.0. The summed E-state index contributed by atoms with van der Waals surface area (Å²) >= 11 is 0. The second-order valence-electron chi connectivity index (χ2n) is 9.31. The van der Waals surface area contributed by atoms with Gasteiger partial charge in [0.1, 0.15) is 12.4 Å². The van der Waals surface area contributed by atoms with Crippen LogP contribution < -0.4 is 9.80 Å². The molecular weight excluding hydrogens is 505 g/mol. The Labute approximate surface area is 224 Å². The van der Waals surface area contributed by atoms with Crippen LogP contribution in [0.5, 0.6) is 0 Å². The number of β-amino-alcohol motifs (C(OH)–C–C–N with tert-alkyl or cyclic N) is 1. The number of ether oxygens (including phenoxy) is 2. The number of imide groups is 1. The number of aliphatic hydroxyl groups excluding tert-OH is 1. The van der Waals surface area contributed by atoms with E-state index in [1.165, 1.54) is 6.07 Å². The summed E-state index contributed by atoms with van der Waals surface area (Å²) in [7, 11) is 0. The van der Waals surface area contributed by atoms with E-state index < -0.39 is 29.8 Å². The van der Waals surface area contributed by atoms with Crippen molar-refractivity contribution in [3.05, 3.63) is 95.3 Å². The maximum atomic E-state index is 15.2. The fourth-order valence-corrected chi connectivity index (χ4v) is 4.69. The number of carbonyl (C=O) groups is 3. The lowest BCUT2D eigenvalue weighted by Gasteiger charge is -2.30. The molecule has 3 amide bonds. The predicted molar refractivity (Wildman–Crippen MR) is 141 cm³/mol. The van der Waals surface area contributed by atoms with Gasteiger partial charge in [-0.05, 0) is 35.9 Å². The highest BCUT2D eigenvalue weighted by Crippen LogP contribution is 2.27. The minimum Gasteiger partial charge on any atom is -0.444 e. The summed E-state index contributed by atoms with van der Waals surface area (Å²) in [4.78, 5) is 42.6. The molecule has 1 fully saturated rings. The van der Waals surface area contributed by atoms with Gasteiger partial charge in [-0.3, -0.25) is 19.4 Å². The molecule has 202 valence electrons. The number of halogens is 1. The van der Waals surface area contributed by atoms with Crippen LogP contribution in [0.15, 0.2) is 72.8 Å². The van der Waals surface area contributed by atoms with Gasteiger partial charge in [0.2, 0.25) is 0 Å². The average Bonchev–Trinajstić information content (AvgIpc) is 3.20. The Morgan fingerprint density at radius 1 is 0.974 bits per heavy atom. The van der Waals surface area contributed by atoms with E-state index in [1.807, 2.05) is 23.1 Å². The molecule has 1 atom stereocenters. The number of hydrogen-bond donors (Lipinski definition) is 1. The van der Waals surface area contributed by atoms with E-state index in [1.54, 1.807) is 48.5 Å². The normalized spacial score (nSPS) is 15.7. The van der Waals surface area contributed by atoms with Gasteiger partial charge in [0, 0.05) is 13.1 Å². The van der Waals surface area contributed by atoms with Crippen LogP contribution in [0.3, 0.4) is 0 Å². The topological polar surface area (TPSA) is 99.6 Å². The Morgan fingerprint density at radius 3 is 2.26 bits per heavy atom. The number of benzene rings is 3. The number of morpholine rings is 1. The number of aliphatic hydroxyl groups is 1. The largest absolute Gasteiger partial charge is 0.444 e. The van der Waals surface area contributed by atoms with Gasteiger partial charge in [-0.1, -0.05) is 42.5 Å². The van der Waals surface area contributed by atoms with Gasteiger partial charge in [0.15, 0.2) is 0 Å². The van der Waals surface area contributed by atoms with Crippen molar-refractivity contribution in [3.8, 4) is 0 Å². The first-order valence-electron chi connectivity index (χ1n) is 12.7. The molecule has 39 heavy (non-hydrogen) atoms. The molecule has 1 unspecified atom stereocenters. The number of rotatable bonds is 8. The molecule has 5 rings (SSSR count).